The van der Waals surface area contributed by atoms with Crippen molar-refractivity contribution in [1.29, 1.82) is 0 Å². The van der Waals surface area contributed by atoms with Crippen molar-refractivity contribution in [2.45, 2.75) is 44.6 Å². The van der Waals surface area contributed by atoms with E-state index in [2.05, 4.69) is 0 Å². The Hall–Kier alpha value is 0.110. The summed E-state index contributed by atoms with van der Waals surface area (Å²) < 4.78 is 25.2. The number of alkyl halides is 2. The molecule has 1 atom stereocenters. The predicted molar refractivity (Wildman–Crippen MR) is 47.8 cm³/mol. The lowest BCUT2D eigenvalue weighted by atomic mass is 9.83. The van der Waals surface area contributed by atoms with Crippen LogP contribution in [0.4, 0.5) is 8.78 Å². The quantitative estimate of drug-likeness (QED) is 0.690. The molecule has 1 fully saturated rings. The van der Waals surface area contributed by atoms with Gasteiger partial charge in [0.15, 0.2) is 0 Å². The van der Waals surface area contributed by atoms with Gasteiger partial charge in [-0.05, 0) is 25.7 Å². The normalized spacial score (nSPS) is 26.0. The number of halogens is 3. The maximum absolute atomic E-state index is 12.6. The maximum Gasteiger partial charge on any atom is 0.248 e. The van der Waals surface area contributed by atoms with Crippen molar-refractivity contribution < 1.29 is 8.78 Å². The first-order valence-electron chi connectivity index (χ1n) is 4.15. The number of nitrogens with two attached hydrogens (primary N) is 1. The van der Waals surface area contributed by atoms with Gasteiger partial charge >= 0.3 is 0 Å². The fourth-order valence-electron chi connectivity index (χ4n) is 1.59. The Morgan fingerprint density at radius 2 is 1.75 bits per heavy atom. The molecule has 0 amide bonds. The monoisotopic (exact) mass is 199 g/mol. The molecular formula is C8H16ClF2N. The second-order valence-electron chi connectivity index (χ2n) is 3.55. The molecule has 1 rings (SSSR count). The first-order valence-corrected chi connectivity index (χ1v) is 4.15. The lowest BCUT2D eigenvalue weighted by Gasteiger charge is -2.30. The second-order valence-corrected chi connectivity index (χ2v) is 3.55. The highest BCUT2D eigenvalue weighted by molar-refractivity contribution is 5.85. The zero-order chi connectivity index (χ0) is 8.48. The molecule has 0 spiro atoms. The van der Waals surface area contributed by atoms with Crippen molar-refractivity contribution in [2.24, 2.45) is 11.7 Å². The maximum atomic E-state index is 12.6. The van der Waals surface area contributed by atoms with Crippen molar-refractivity contribution in [2.75, 3.05) is 0 Å². The van der Waals surface area contributed by atoms with Gasteiger partial charge in [0.05, 0.1) is 0 Å². The average Bonchev–Trinajstić information content (AvgIpc) is 1.86. The molecule has 0 aromatic rings. The van der Waals surface area contributed by atoms with E-state index in [9.17, 15) is 8.78 Å². The topological polar surface area (TPSA) is 26.0 Å². The van der Waals surface area contributed by atoms with Crippen molar-refractivity contribution in [3.8, 4) is 0 Å². The van der Waals surface area contributed by atoms with E-state index in [0.717, 1.165) is 0 Å². The van der Waals surface area contributed by atoms with E-state index in [-0.39, 0.29) is 31.3 Å². The summed E-state index contributed by atoms with van der Waals surface area (Å²) in [6.45, 7) is 1.90. The van der Waals surface area contributed by atoms with Gasteiger partial charge in [-0.3, -0.25) is 0 Å². The Balaban J connectivity index is 0.00000121. The molecule has 0 aliphatic heterocycles. The van der Waals surface area contributed by atoms with Gasteiger partial charge in [0.25, 0.3) is 0 Å². The molecule has 0 saturated heterocycles. The molecular weight excluding hydrogens is 184 g/mol. The summed E-state index contributed by atoms with van der Waals surface area (Å²) in [4.78, 5) is 0. The minimum absolute atomic E-state index is 0. The van der Waals surface area contributed by atoms with Crippen molar-refractivity contribution in [3.63, 3.8) is 0 Å². The summed E-state index contributed by atoms with van der Waals surface area (Å²) in [5.41, 5.74) is 5.61. The first-order chi connectivity index (χ1) is 5.01. The molecule has 0 heterocycles. The fraction of sp³-hybridized carbons (Fsp3) is 1.00. The lowest BCUT2D eigenvalue weighted by Crippen LogP contribution is -2.33. The van der Waals surface area contributed by atoms with Gasteiger partial charge in [-0.2, -0.15) is 0 Å². The average molecular weight is 200 g/mol. The number of hydrogen-bond acceptors (Lipinski definition) is 1. The molecule has 1 saturated carbocycles. The molecule has 1 aliphatic carbocycles. The van der Waals surface area contributed by atoms with E-state index >= 15 is 0 Å². The van der Waals surface area contributed by atoms with Crippen LogP contribution < -0.4 is 5.73 Å². The minimum Gasteiger partial charge on any atom is -0.328 e. The molecule has 0 aromatic heterocycles. The molecule has 0 unspecified atom stereocenters. The molecule has 74 valence electrons. The zero-order valence-electron chi connectivity index (χ0n) is 7.22. The predicted octanol–water partition coefficient (Wildman–Crippen LogP) is 2.58. The van der Waals surface area contributed by atoms with Crippen LogP contribution in [0.5, 0.6) is 0 Å². The smallest absolute Gasteiger partial charge is 0.248 e. The van der Waals surface area contributed by atoms with Crippen LogP contribution in [0.1, 0.15) is 32.6 Å². The molecule has 12 heavy (non-hydrogen) atoms. The lowest BCUT2D eigenvalue weighted by molar-refractivity contribution is -0.0475. The van der Waals surface area contributed by atoms with Crippen LogP contribution in [0.15, 0.2) is 0 Å². The Kier molecular flexibility index (Phi) is 4.42. The van der Waals surface area contributed by atoms with Gasteiger partial charge < -0.3 is 5.73 Å². The van der Waals surface area contributed by atoms with Gasteiger partial charge in [-0.25, -0.2) is 8.78 Å². The molecule has 1 aliphatic rings. The van der Waals surface area contributed by atoms with Gasteiger partial charge in [0.2, 0.25) is 5.92 Å². The Labute approximate surface area is 78.1 Å². The standard InChI is InChI=1S/C8H15F2N.ClH/c1-6(11)7-2-4-8(9,10)5-3-7;/h6-7H,2-5,11H2,1H3;1H/t6-;/m0./s1. The third-order valence-corrected chi connectivity index (χ3v) is 2.51. The van der Waals surface area contributed by atoms with Crippen LogP contribution in [-0.4, -0.2) is 12.0 Å². The summed E-state index contributed by atoms with van der Waals surface area (Å²) in [5.74, 6) is -2.10. The summed E-state index contributed by atoms with van der Waals surface area (Å²) in [6.07, 6.45) is 1.23. The van der Waals surface area contributed by atoms with Crippen LogP contribution in [0.25, 0.3) is 0 Å². The summed E-state index contributed by atoms with van der Waals surface area (Å²) in [7, 11) is 0. The summed E-state index contributed by atoms with van der Waals surface area (Å²) in [5, 5.41) is 0. The van der Waals surface area contributed by atoms with Gasteiger partial charge in [-0.1, -0.05) is 0 Å². The Bertz CT molecular complexity index is 129. The van der Waals surface area contributed by atoms with Crippen molar-refractivity contribution in [3.05, 3.63) is 0 Å². The zero-order valence-corrected chi connectivity index (χ0v) is 8.04. The highest BCUT2D eigenvalue weighted by atomic mass is 35.5. The van der Waals surface area contributed by atoms with E-state index in [1.54, 1.807) is 0 Å². The SMILES string of the molecule is C[C@H](N)C1CCC(F)(F)CC1.Cl. The van der Waals surface area contributed by atoms with Gasteiger partial charge in [-0.15, -0.1) is 12.4 Å². The van der Waals surface area contributed by atoms with Gasteiger partial charge in [0.1, 0.15) is 0 Å². The van der Waals surface area contributed by atoms with E-state index in [1.807, 2.05) is 6.92 Å². The molecule has 0 radical (unpaired) electrons. The van der Waals surface area contributed by atoms with Crippen LogP contribution in [0, 0.1) is 5.92 Å². The molecule has 0 bridgehead atoms. The van der Waals surface area contributed by atoms with E-state index in [0.29, 0.717) is 18.8 Å². The van der Waals surface area contributed by atoms with E-state index in [4.69, 9.17) is 5.73 Å². The Morgan fingerprint density at radius 1 is 1.33 bits per heavy atom. The fourth-order valence-corrected chi connectivity index (χ4v) is 1.59. The number of hydrogen-bond donors (Lipinski definition) is 1. The second kappa shape index (κ2) is 4.38. The third kappa shape index (κ3) is 3.23. The van der Waals surface area contributed by atoms with Crippen molar-refractivity contribution in [1.82, 2.24) is 0 Å². The molecule has 4 heteroatoms. The Morgan fingerprint density at radius 3 is 2.08 bits per heavy atom. The highest BCUT2D eigenvalue weighted by Gasteiger charge is 2.35. The third-order valence-electron chi connectivity index (χ3n) is 2.51. The highest BCUT2D eigenvalue weighted by Crippen LogP contribution is 2.36. The van der Waals surface area contributed by atoms with Crippen LogP contribution in [-0.2, 0) is 0 Å². The van der Waals surface area contributed by atoms with E-state index in [1.165, 1.54) is 0 Å². The number of rotatable bonds is 1. The van der Waals surface area contributed by atoms with Crippen LogP contribution >= 0.6 is 12.4 Å². The van der Waals surface area contributed by atoms with E-state index < -0.39 is 5.92 Å². The van der Waals surface area contributed by atoms with Crippen molar-refractivity contribution >= 4 is 12.4 Å². The summed E-state index contributed by atoms with van der Waals surface area (Å²) >= 11 is 0. The minimum atomic E-state index is -2.41. The molecule has 0 aromatic carbocycles. The molecule has 2 N–H and O–H groups in total. The van der Waals surface area contributed by atoms with Crippen LogP contribution in [0.3, 0.4) is 0 Å². The molecule has 1 nitrogen and oxygen atoms in total. The summed E-state index contributed by atoms with van der Waals surface area (Å²) in [6, 6.07) is 0.0751. The van der Waals surface area contributed by atoms with Crippen LogP contribution in [0.2, 0.25) is 0 Å². The first kappa shape index (κ1) is 12.1. The largest absolute Gasteiger partial charge is 0.328 e. The van der Waals surface area contributed by atoms with Gasteiger partial charge in [0, 0.05) is 18.9 Å².